The maximum Gasteiger partial charge on any atom is 0.293 e. The van der Waals surface area contributed by atoms with Crippen molar-refractivity contribution >= 4 is 28.9 Å². The maximum atomic E-state index is 12.6. The van der Waals surface area contributed by atoms with Gasteiger partial charge in [-0.05, 0) is 48.6 Å². The molecule has 1 heterocycles. The van der Waals surface area contributed by atoms with Gasteiger partial charge in [-0.15, -0.1) is 0 Å². The zero-order valence-corrected chi connectivity index (χ0v) is 17.2. The molecule has 1 saturated heterocycles. The molecule has 1 aliphatic heterocycles. The molecule has 8 nitrogen and oxygen atoms in total. The summed E-state index contributed by atoms with van der Waals surface area (Å²) in [6, 6.07) is 11.8. The van der Waals surface area contributed by atoms with E-state index >= 15 is 0 Å². The molecule has 0 spiro atoms. The molecule has 8 heteroatoms. The average Bonchev–Trinajstić information content (AvgIpc) is 2.71. The number of hydrogen-bond donors (Lipinski definition) is 2. The molecule has 2 amide bonds. The van der Waals surface area contributed by atoms with E-state index < -0.39 is 4.92 Å². The minimum Gasteiger partial charge on any atom is -0.366 e. The third-order valence-electron chi connectivity index (χ3n) is 5.13. The van der Waals surface area contributed by atoms with Crippen LogP contribution in [0.25, 0.3) is 0 Å². The lowest BCUT2D eigenvalue weighted by molar-refractivity contribution is -0.384. The molecule has 2 aromatic carbocycles. The summed E-state index contributed by atoms with van der Waals surface area (Å²) in [5, 5.41) is 17.1. The zero-order valence-electron chi connectivity index (χ0n) is 17.2. The molecule has 1 fully saturated rings. The van der Waals surface area contributed by atoms with Crippen molar-refractivity contribution in [3.8, 4) is 0 Å². The number of benzene rings is 2. The number of nitrogens with one attached hydrogen (secondary N) is 2. The van der Waals surface area contributed by atoms with Crippen LogP contribution < -0.4 is 15.5 Å². The molecule has 0 radical (unpaired) electrons. The Morgan fingerprint density at radius 2 is 2.03 bits per heavy atom. The fourth-order valence-electron chi connectivity index (χ4n) is 3.73. The summed E-state index contributed by atoms with van der Waals surface area (Å²) in [5.41, 5.74) is 2.21. The Hall–Kier alpha value is -3.42. The second-order valence-electron chi connectivity index (χ2n) is 7.72. The molecule has 1 unspecified atom stereocenters. The number of nitrogens with zero attached hydrogens (tertiary/aromatic N) is 2. The number of carbonyl (C=O) groups excluding carboxylic acids is 2. The van der Waals surface area contributed by atoms with Crippen LogP contribution in [-0.4, -0.2) is 29.8 Å². The van der Waals surface area contributed by atoms with Gasteiger partial charge in [0.2, 0.25) is 5.91 Å². The molecule has 158 valence electrons. The Bertz CT molecular complexity index is 960. The van der Waals surface area contributed by atoms with Crippen LogP contribution in [-0.2, 0) is 11.3 Å². The van der Waals surface area contributed by atoms with Crippen molar-refractivity contribution in [2.45, 2.75) is 33.2 Å². The van der Waals surface area contributed by atoms with Gasteiger partial charge >= 0.3 is 0 Å². The van der Waals surface area contributed by atoms with Gasteiger partial charge in [0.1, 0.15) is 5.69 Å². The molecular weight excluding hydrogens is 384 g/mol. The summed E-state index contributed by atoms with van der Waals surface area (Å²) < 4.78 is 0. The molecule has 0 bridgehead atoms. The standard InChI is InChI=1S/C22H26N4O4/c1-15-5-4-10-25(14-15)20-9-8-18(12-21(20)26(29)30)22(28)23-13-17-6-3-7-19(11-17)24-16(2)27/h3,6-9,11-12,15H,4-5,10,13-14H2,1-2H3,(H,23,28)(H,24,27). The van der Waals surface area contributed by atoms with Crippen molar-refractivity contribution in [2.24, 2.45) is 5.92 Å². The molecule has 2 aromatic rings. The Morgan fingerprint density at radius 3 is 2.73 bits per heavy atom. The lowest BCUT2D eigenvalue weighted by atomic mass is 9.99. The number of rotatable bonds is 6. The predicted molar refractivity (Wildman–Crippen MR) is 116 cm³/mol. The normalized spacial score (nSPS) is 16.1. The van der Waals surface area contributed by atoms with E-state index in [1.807, 2.05) is 11.0 Å². The van der Waals surface area contributed by atoms with E-state index in [-0.39, 0.29) is 29.6 Å². The van der Waals surface area contributed by atoms with Crippen molar-refractivity contribution in [3.05, 3.63) is 63.7 Å². The number of amides is 2. The van der Waals surface area contributed by atoms with Gasteiger partial charge in [0.25, 0.3) is 11.6 Å². The van der Waals surface area contributed by atoms with Gasteiger partial charge in [0.15, 0.2) is 0 Å². The van der Waals surface area contributed by atoms with E-state index in [1.165, 1.54) is 13.0 Å². The van der Waals surface area contributed by atoms with Gasteiger partial charge in [-0.3, -0.25) is 19.7 Å². The molecule has 0 aromatic heterocycles. The summed E-state index contributed by atoms with van der Waals surface area (Å²) in [7, 11) is 0. The fourth-order valence-corrected chi connectivity index (χ4v) is 3.73. The number of hydrogen-bond acceptors (Lipinski definition) is 5. The summed E-state index contributed by atoms with van der Waals surface area (Å²) in [6.07, 6.45) is 2.12. The van der Waals surface area contributed by atoms with E-state index in [9.17, 15) is 19.7 Å². The summed E-state index contributed by atoms with van der Waals surface area (Å²) in [4.78, 5) is 37.0. The number of nitro benzene ring substituents is 1. The largest absolute Gasteiger partial charge is 0.366 e. The number of anilines is 2. The lowest BCUT2D eigenvalue weighted by Crippen LogP contribution is -2.34. The summed E-state index contributed by atoms with van der Waals surface area (Å²) >= 11 is 0. The predicted octanol–water partition coefficient (Wildman–Crippen LogP) is 3.72. The number of carbonyl (C=O) groups is 2. The lowest BCUT2D eigenvalue weighted by Gasteiger charge is -2.32. The van der Waals surface area contributed by atoms with E-state index in [2.05, 4.69) is 17.6 Å². The highest BCUT2D eigenvalue weighted by molar-refractivity contribution is 5.95. The van der Waals surface area contributed by atoms with Gasteiger partial charge < -0.3 is 15.5 Å². The highest BCUT2D eigenvalue weighted by Crippen LogP contribution is 2.32. The molecule has 1 aliphatic rings. The topological polar surface area (TPSA) is 105 Å². The monoisotopic (exact) mass is 410 g/mol. The van der Waals surface area contributed by atoms with Gasteiger partial charge in [-0.2, -0.15) is 0 Å². The quantitative estimate of drug-likeness (QED) is 0.558. The van der Waals surface area contributed by atoms with Crippen LogP contribution in [0, 0.1) is 16.0 Å². The van der Waals surface area contributed by atoms with Crippen LogP contribution in [0.5, 0.6) is 0 Å². The molecule has 0 aliphatic carbocycles. The smallest absolute Gasteiger partial charge is 0.293 e. The zero-order chi connectivity index (χ0) is 21.7. The number of nitro groups is 1. The van der Waals surface area contributed by atoms with Crippen molar-refractivity contribution in [2.75, 3.05) is 23.3 Å². The SMILES string of the molecule is CC(=O)Nc1cccc(CNC(=O)c2ccc(N3CCCC(C)C3)c([N+](=O)[O-])c2)c1. The third-order valence-corrected chi connectivity index (χ3v) is 5.13. The Kier molecular flexibility index (Phi) is 6.66. The second kappa shape index (κ2) is 9.39. The molecule has 3 rings (SSSR count). The van der Waals surface area contributed by atoms with Gasteiger partial charge in [0.05, 0.1) is 4.92 Å². The first-order valence-corrected chi connectivity index (χ1v) is 10.0. The Labute approximate surface area is 175 Å². The van der Waals surface area contributed by atoms with E-state index in [4.69, 9.17) is 0 Å². The summed E-state index contributed by atoms with van der Waals surface area (Å²) in [5.74, 6) is -0.0807. The minimum atomic E-state index is -0.428. The van der Waals surface area contributed by atoms with E-state index in [0.717, 1.165) is 31.5 Å². The first kappa shape index (κ1) is 21.3. The van der Waals surface area contributed by atoms with Gasteiger partial charge in [-0.25, -0.2) is 0 Å². The molecule has 2 N–H and O–H groups in total. The minimum absolute atomic E-state index is 0.0515. The van der Waals surface area contributed by atoms with Gasteiger partial charge in [0, 0.05) is 43.9 Å². The van der Waals surface area contributed by atoms with Crippen molar-refractivity contribution in [1.29, 1.82) is 0 Å². The number of piperidine rings is 1. The molecule has 0 saturated carbocycles. The van der Waals surface area contributed by atoms with Crippen LogP contribution >= 0.6 is 0 Å². The Balaban J connectivity index is 1.72. The van der Waals surface area contributed by atoms with E-state index in [1.54, 1.807) is 30.3 Å². The first-order valence-electron chi connectivity index (χ1n) is 10.0. The van der Waals surface area contributed by atoms with Crippen LogP contribution in [0.3, 0.4) is 0 Å². The van der Waals surface area contributed by atoms with Crippen molar-refractivity contribution < 1.29 is 14.5 Å². The Morgan fingerprint density at radius 1 is 1.23 bits per heavy atom. The average molecular weight is 410 g/mol. The van der Waals surface area contributed by atoms with Crippen LogP contribution in [0.15, 0.2) is 42.5 Å². The highest BCUT2D eigenvalue weighted by Gasteiger charge is 2.25. The van der Waals surface area contributed by atoms with Gasteiger partial charge in [-0.1, -0.05) is 19.1 Å². The van der Waals surface area contributed by atoms with E-state index in [0.29, 0.717) is 17.3 Å². The summed E-state index contributed by atoms with van der Waals surface area (Å²) in [6.45, 7) is 5.36. The third kappa shape index (κ3) is 5.34. The molecule has 1 atom stereocenters. The maximum absolute atomic E-state index is 12.6. The first-order chi connectivity index (χ1) is 14.3. The van der Waals surface area contributed by atoms with Crippen LogP contribution in [0.2, 0.25) is 0 Å². The fraction of sp³-hybridized carbons (Fsp3) is 0.364. The van der Waals surface area contributed by atoms with Crippen molar-refractivity contribution in [1.82, 2.24) is 5.32 Å². The molecular formula is C22H26N4O4. The van der Waals surface area contributed by atoms with Crippen LogP contribution in [0.4, 0.5) is 17.1 Å². The molecule has 30 heavy (non-hydrogen) atoms. The van der Waals surface area contributed by atoms with Crippen molar-refractivity contribution in [3.63, 3.8) is 0 Å². The van der Waals surface area contributed by atoms with Crippen LogP contribution in [0.1, 0.15) is 42.6 Å². The second-order valence-corrected chi connectivity index (χ2v) is 7.72. The highest BCUT2D eigenvalue weighted by atomic mass is 16.6.